The maximum atomic E-state index is 12.6. The number of anilines is 1. The topological polar surface area (TPSA) is 33.2 Å². The lowest BCUT2D eigenvalue weighted by molar-refractivity contribution is 0.0985. The number of pyridine rings is 1. The summed E-state index contributed by atoms with van der Waals surface area (Å²) in [6, 6.07) is 11.3. The Morgan fingerprint density at radius 1 is 1.26 bits per heavy atom. The third kappa shape index (κ3) is 2.40. The summed E-state index contributed by atoms with van der Waals surface area (Å²) in [4.78, 5) is 18.8. The van der Waals surface area contributed by atoms with Gasteiger partial charge in [-0.3, -0.25) is 9.78 Å². The van der Waals surface area contributed by atoms with Crippen LogP contribution in [0, 0.1) is 0 Å². The minimum Gasteiger partial charge on any atom is -0.307 e. The van der Waals surface area contributed by atoms with E-state index in [4.69, 9.17) is 0 Å². The van der Waals surface area contributed by atoms with Crippen molar-refractivity contribution in [3.8, 4) is 0 Å². The number of aromatic nitrogens is 1. The van der Waals surface area contributed by atoms with Gasteiger partial charge in [-0.1, -0.05) is 22.0 Å². The summed E-state index contributed by atoms with van der Waals surface area (Å²) in [6.07, 6.45) is 3.69. The van der Waals surface area contributed by atoms with Gasteiger partial charge in [0, 0.05) is 22.8 Å². The molecule has 1 aromatic carbocycles. The molecule has 0 unspecified atom stereocenters. The fourth-order valence-electron chi connectivity index (χ4n) is 2.38. The maximum Gasteiger partial charge on any atom is 0.258 e. The van der Waals surface area contributed by atoms with E-state index in [1.165, 1.54) is 0 Å². The van der Waals surface area contributed by atoms with Gasteiger partial charge in [0.2, 0.25) is 0 Å². The van der Waals surface area contributed by atoms with Crippen LogP contribution in [0.15, 0.2) is 47.1 Å². The Morgan fingerprint density at radius 3 is 3.00 bits per heavy atom. The molecular formula is C15H13BrN2O. The fraction of sp³-hybridized carbons (Fsp3) is 0.200. The number of carbonyl (C=O) groups excluding carboxylic acids is 1. The molecule has 1 aliphatic heterocycles. The van der Waals surface area contributed by atoms with Crippen LogP contribution in [0.5, 0.6) is 0 Å². The molecule has 3 rings (SSSR count). The number of halogens is 1. The first-order valence-electron chi connectivity index (χ1n) is 6.27. The largest absolute Gasteiger partial charge is 0.307 e. The van der Waals surface area contributed by atoms with E-state index < -0.39 is 0 Å². The third-order valence-electron chi connectivity index (χ3n) is 3.27. The van der Waals surface area contributed by atoms with Crippen molar-refractivity contribution in [2.75, 3.05) is 11.4 Å². The van der Waals surface area contributed by atoms with E-state index in [-0.39, 0.29) is 5.91 Å². The van der Waals surface area contributed by atoms with Crippen LogP contribution in [-0.2, 0) is 6.42 Å². The standard InChI is InChI=1S/C15H13BrN2O/c16-12-5-1-4-11(10-12)15(19)18-9-3-6-13-14(18)7-2-8-17-13/h1-2,4-5,7-8,10H,3,6,9H2. The Kier molecular flexibility index (Phi) is 3.34. The van der Waals surface area contributed by atoms with Gasteiger partial charge in [0.05, 0.1) is 11.4 Å². The molecule has 4 heteroatoms. The van der Waals surface area contributed by atoms with Crippen molar-refractivity contribution in [1.29, 1.82) is 0 Å². The van der Waals surface area contributed by atoms with Crippen LogP contribution in [0.3, 0.4) is 0 Å². The quantitative estimate of drug-likeness (QED) is 0.807. The summed E-state index contributed by atoms with van der Waals surface area (Å²) < 4.78 is 0.918. The first kappa shape index (κ1) is 12.4. The molecule has 0 bridgehead atoms. The number of amides is 1. The predicted octanol–water partition coefficient (Wildman–Crippen LogP) is 3.44. The number of rotatable bonds is 1. The maximum absolute atomic E-state index is 12.6. The lowest BCUT2D eigenvalue weighted by Crippen LogP contribution is -2.35. The molecule has 0 radical (unpaired) electrons. The van der Waals surface area contributed by atoms with Crippen LogP contribution >= 0.6 is 15.9 Å². The predicted molar refractivity (Wildman–Crippen MR) is 78.4 cm³/mol. The Morgan fingerprint density at radius 2 is 2.16 bits per heavy atom. The van der Waals surface area contributed by atoms with Crippen LogP contribution in [0.1, 0.15) is 22.5 Å². The number of hydrogen-bond donors (Lipinski definition) is 0. The van der Waals surface area contributed by atoms with Crippen molar-refractivity contribution in [1.82, 2.24) is 4.98 Å². The van der Waals surface area contributed by atoms with E-state index in [0.29, 0.717) is 5.56 Å². The Labute approximate surface area is 120 Å². The van der Waals surface area contributed by atoms with Crippen LogP contribution in [-0.4, -0.2) is 17.4 Å². The molecule has 1 amide bonds. The smallest absolute Gasteiger partial charge is 0.258 e. The lowest BCUT2D eigenvalue weighted by atomic mass is 10.1. The van der Waals surface area contributed by atoms with E-state index in [1.807, 2.05) is 41.3 Å². The van der Waals surface area contributed by atoms with Crippen molar-refractivity contribution < 1.29 is 4.79 Å². The molecule has 1 aliphatic rings. The van der Waals surface area contributed by atoms with E-state index >= 15 is 0 Å². The van der Waals surface area contributed by atoms with Crippen molar-refractivity contribution in [3.05, 3.63) is 58.3 Å². The highest BCUT2D eigenvalue weighted by atomic mass is 79.9. The molecule has 0 fully saturated rings. The summed E-state index contributed by atoms with van der Waals surface area (Å²) >= 11 is 3.40. The summed E-state index contributed by atoms with van der Waals surface area (Å²) in [6.45, 7) is 0.754. The van der Waals surface area contributed by atoms with Crippen molar-refractivity contribution in [2.45, 2.75) is 12.8 Å². The van der Waals surface area contributed by atoms with E-state index in [2.05, 4.69) is 20.9 Å². The third-order valence-corrected chi connectivity index (χ3v) is 3.76. The molecule has 0 saturated heterocycles. The molecule has 96 valence electrons. The number of carbonyl (C=O) groups is 1. The van der Waals surface area contributed by atoms with E-state index in [9.17, 15) is 4.79 Å². The van der Waals surface area contributed by atoms with E-state index in [0.717, 1.165) is 35.2 Å². The number of benzene rings is 1. The van der Waals surface area contributed by atoms with Gasteiger partial charge in [-0.25, -0.2) is 0 Å². The average Bonchev–Trinajstić information content (AvgIpc) is 2.46. The Bertz CT molecular complexity index is 627. The summed E-state index contributed by atoms with van der Waals surface area (Å²) in [5.41, 5.74) is 2.65. The monoisotopic (exact) mass is 316 g/mol. The Balaban J connectivity index is 1.98. The van der Waals surface area contributed by atoms with Crippen LogP contribution in [0.25, 0.3) is 0 Å². The molecule has 0 saturated carbocycles. The SMILES string of the molecule is O=C(c1cccc(Br)c1)N1CCCc2ncccc21. The fourth-order valence-corrected chi connectivity index (χ4v) is 2.78. The second-order valence-electron chi connectivity index (χ2n) is 4.54. The highest BCUT2D eigenvalue weighted by molar-refractivity contribution is 9.10. The van der Waals surface area contributed by atoms with Gasteiger partial charge in [-0.15, -0.1) is 0 Å². The molecule has 2 heterocycles. The Hall–Kier alpha value is -1.68. The summed E-state index contributed by atoms with van der Waals surface area (Å²) in [5.74, 6) is 0.0373. The zero-order chi connectivity index (χ0) is 13.2. The van der Waals surface area contributed by atoms with Gasteiger partial charge in [-0.05, 0) is 43.2 Å². The molecule has 3 nitrogen and oxygen atoms in total. The molecule has 0 aliphatic carbocycles. The van der Waals surface area contributed by atoms with Gasteiger partial charge in [-0.2, -0.15) is 0 Å². The average molecular weight is 317 g/mol. The molecule has 19 heavy (non-hydrogen) atoms. The molecule has 0 atom stereocenters. The lowest BCUT2D eigenvalue weighted by Gasteiger charge is -2.28. The second-order valence-corrected chi connectivity index (χ2v) is 5.46. The van der Waals surface area contributed by atoms with Gasteiger partial charge in [0.1, 0.15) is 0 Å². The van der Waals surface area contributed by atoms with Crippen LogP contribution in [0.2, 0.25) is 0 Å². The van der Waals surface area contributed by atoms with Gasteiger partial charge < -0.3 is 4.90 Å². The van der Waals surface area contributed by atoms with Gasteiger partial charge >= 0.3 is 0 Å². The minimum absolute atomic E-state index is 0.0373. The van der Waals surface area contributed by atoms with E-state index in [1.54, 1.807) is 6.20 Å². The summed E-state index contributed by atoms with van der Waals surface area (Å²) in [7, 11) is 0. The summed E-state index contributed by atoms with van der Waals surface area (Å²) in [5, 5.41) is 0. The van der Waals surface area contributed by atoms with Gasteiger partial charge in [0.25, 0.3) is 5.91 Å². The number of nitrogens with zero attached hydrogens (tertiary/aromatic N) is 2. The minimum atomic E-state index is 0.0373. The van der Waals surface area contributed by atoms with Crippen molar-refractivity contribution in [2.24, 2.45) is 0 Å². The molecule has 1 aromatic heterocycles. The van der Waals surface area contributed by atoms with Crippen molar-refractivity contribution >= 4 is 27.5 Å². The molecular weight excluding hydrogens is 304 g/mol. The van der Waals surface area contributed by atoms with Crippen molar-refractivity contribution in [3.63, 3.8) is 0 Å². The first-order chi connectivity index (χ1) is 9.25. The molecule has 2 aromatic rings. The number of fused-ring (bicyclic) bond motifs is 1. The van der Waals surface area contributed by atoms with Gasteiger partial charge in [0.15, 0.2) is 0 Å². The zero-order valence-electron chi connectivity index (χ0n) is 10.3. The van der Waals surface area contributed by atoms with Crippen LogP contribution < -0.4 is 4.90 Å². The van der Waals surface area contributed by atoms with Crippen LogP contribution in [0.4, 0.5) is 5.69 Å². The molecule has 0 spiro atoms. The highest BCUT2D eigenvalue weighted by Gasteiger charge is 2.23. The zero-order valence-corrected chi connectivity index (χ0v) is 11.9. The normalized spacial score (nSPS) is 14.1. The first-order valence-corrected chi connectivity index (χ1v) is 7.06. The number of aryl methyl sites for hydroxylation is 1. The highest BCUT2D eigenvalue weighted by Crippen LogP contribution is 2.26. The number of hydrogen-bond acceptors (Lipinski definition) is 2. The second kappa shape index (κ2) is 5.13. The molecule has 0 N–H and O–H groups in total.